The number of hydrogen-bond donors (Lipinski definition) is 0. The van der Waals surface area contributed by atoms with Gasteiger partial charge < -0.3 is 14.0 Å². The lowest BCUT2D eigenvalue weighted by molar-refractivity contribution is 0.165. The van der Waals surface area contributed by atoms with Gasteiger partial charge in [-0.15, -0.1) is 0 Å². The minimum Gasteiger partial charge on any atom is -0.497 e. The summed E-state index contributed by atoms with van der Waals surface area (Å²) in [6, 6.07) is 6.18. The van der Waals surface area contributed by atoms with Gasteiger partial charge in [0.2, 0.25) is 11.7 Å². The highest BCUT2D eigenvalue weighted by molar-refractivity contribution is 5.65. The second-order valence-electron chi connectivity index (χ2n) is 6.28. The second kappa shape index (κ2) is 7.66. The van der Waals surface area contributed by atoms with Crippen LogP contribution < -0.4 is 9.47 Å². The molecule has 0 radical (unpaired) electrons. The summed E-state index contributed by atoms with van der Waals surface area (Å²) in [5.41, 5.74) is 0.800. The summed E-state index contributed by atoms with van der Waals surface area (Å²) >= 11 is 0. The molecule has 1 saturated carbocycles. The molecule has 0 amide bonds. The van der Waals surface area contributed by atoms with Crippen LogP contribution in [0, 0.1) is 0 Å². The molecule has 130 valence electrons. The number of aromatic nitrogens is 2. The van der Waals surface area contributed by atoms with Gasteiger partial charge in [-0.05, 0) is 32.0 Å². The third-order valence-electron chi connectivity index (χ3n) is 4.70. The van der Waals surface area contributed by atoms with Crippen molar-refractivity contribution >= 4 is 0 Å². The van der Waals surface area contributed by atoms with Gasteiger partial charge in [0, 0.05) is 12.1 Å². The van der Waals surface area contributed by atoms with Crippen LogP contribution in [0.5, 0.6) is 11.5 Å². The summed E-state index contributed by atoms with van der Waals surface area (Å²) in [7, 11) is 5.38. The van der Waals surface area contributed by atoms with E-state index in [-0.39, 0.29) is 0 Å². The molecular formula is C18H25N3O3. The topological polar surface area (TPSA) is 60.6 Å². The van der Waals surface area contributed by atoms with E-state index < -0.39 is 0 Å². The van der Waals surface area contributed by atoms with Crippen LogP contribution >= 0.6 is 0 Å². The predicted molar refractivity (Wildman–Crippen MR) is 91.2 cm³/mol. The Bertz CT molecular complexity index is 665. The smallest absolute Gasteiger partial charge is 0.241 e. The zero-order chi connectivity index (χ0) is 16.9. The molecule has 0 spiro atoms. The molecule has 0 aliphatic heterocycles. The molecule has 1 aromatic carbocycles. The first-order valence-corrected chi connectivity index (χ1v) is 8.46. The average Bonchev–Trinajstić information content (AvgIpc) is 3.10. The summed E-state index contributed by atoms with van der Waals surface area (Å²) in [6.07, 6.45) is 6.49. The Balaban J connectivity index is 1.73. The molecule has 0 saturated heterocycles. The molecule has 0 N–H and O–H groups in total. The van der Waals surface area contributed by atoms with E-state index in [0.717, 1.165) is 11.3 Å². The van der Waals surface area contributed by atoms with Crippen molar-refractivity contribution in [1.29, 1.82) is 0 Å². The molecule has 3 rings (SSSR count). The first kappa shape index (κ1) is 16.8. The molecule has 0 atom stereocenters. The average molecular weight is 331 g/mol. The van der Waals surface area contributed by atoms with E-state index >= 15 is 0 Å². The Morgan fingerprint density at radius 3 is 2.67 bits per heavy atom. The summed E-state index contributed by atoms with van der Waals surface area (Å²) in [4.78, 5) is 6.86. The van der Waals surface area contributed by atoms with Crippen LogP contribution in [0.25, 0.3) is 11.4 Å². The Hall–Kier alpha value is -2.08. The van der Waals surface area contributed by atoms with E-state index in [1.165, 1.54) is 32.1 Å². The quantitative estimate of drug-likeness (QED) is 0.807. The Labute approximate surface area is 142 Å². The molecule has 0 unspecified atom stereocenters. The van der Waals surface area contributed by atoms with Gasteiger partial charge in [0.05, 0.1) is 26.3 Å². The van der Waals surface area contributed by atoms with Gasteiger partial charge in [-0.25, -0.2) is 0 Å². The standard InChI is InChI=1S/C18H25N3O3/c1-21(13-7-5-4-6-8-13)12-17-19-18(20-24-17)15-10-9-14(22-2)11-16(15)23-3/h9-11,13H,4-8,12H2,1-3H3. The monoisotopic (exact) mass is 331 g/mol. The molecule has 6 heteroatoms. The van der Waals surface area contributed by atoms with Gasteiger partial charge in [-0.1, -0.05) is 24.4 Å². The van der Waals surface area contributed by atoms with Gasteiger partial charge in [0.1, 0.15) is 11.5 Å². The first-order chi connectivity index (χ1) is 11.7. The van der Waals surface area contributed by atoms with Gasteiger partial charge in [0.25, 0.3) is 0 Å². The molecule has 2 aromatic rings. The molecule has 1 aliphatic rings. The van der Waals surface area contributed by atoms with Gasteiger partial charge in [-0.2, -0.15) is 4.98 Å². The van der Waals surface area contributed by atoms with E-state index in [0.29, 0.717) is 30.1 Å². The molecule has 24 heavy (non-hydrogen) atoms. The lowest BCUT2D eigenvalue weighted by atomic mass is 9.94. The van der Waals surface area contributed by atoms with E-state index in [9.17, 15) is 0 Å². The Morgan fingerprint density at radius 2 is 1.96 bits per heavy atom. The SMILES string of the molecule is COc1ccc(-c2noc(CN(C)C3CCCCC3)n2)c(OC)c1. The van der Waals surface area contributed by atoms with E-state index in [4.69, 9.17) is 14.0 Å². The van der Waals surface area contributed by atoms with E-state index in [1.807, 2.05) is 18.2 Å². The Kier molecular flexibility index (Phi) is 5.35. The van der Waals surface area contributed by atoms with Crippen molar-refractivity contribution in [3.8, 4) is 22.9 Å². The number of methoxy groups -OCH3 is 2. The molecule has 1 fully saturated rings. The van der Waals surface area contributed by atoms with Crippen LogP contribution in [0.15, 0.2) is 22.7 Å². The predicted octanol–water partition coefficient (Wildman–Crippen LogP) is 3.52. The lowest BCUT2D eigenvalue weighted by Crippen LogP contribution is -2.32. The zero-order valence-electron chi connectivity index (χ0n) is 14.6. The summed E-state index contributed by atoms with van der Waals surface area (Å²) in [6.45, 7) is 0.677. The normalized spacial score (nSPS) is 15.7. The van der Waals surface area contributed by atoms with Crippen molar-refractivity contribution in [1.82, 2.24) is 15.0 Å². The summed E-state index contributed by atoms with van der Waals surface area (Å²) in [5.74, 6) is 2.58. The summed E-state index contributed by atoms with van der Waals surface area (Å²) < 4.78 is 16.1. The summed E-state index contributed by atoms with van der Waals surface area (Å²) in [5, 5.41) is 4.12. The minimum atomic E-state index is 0.543. The minimum absolute atomic E-state index is 0.543. The number of benzene rings is 1. The van der Waals surface area contributed by atoms with Crippen molar-refractivity contribution in [2.24, 2.45) is 0 Å². The van der Waals surface area contributed by atoms with Crippen LogP contribution in [0.3, 0.4) is 0 Å². The molecule has 1 aliphatic carbocycles. The Morgan fingerprint density at radius 1 is 1.17 bits per heavy atom. The fourth-order valence-corrected chi connectivity index (χ4v) is 3.28. The zero-order valence-corrected chi connectivity index (χ0v) is 14.6. The number of hydrogen-bond acceptors (Lipinski definition) is 6. The van der Waals surface area contributed by atoms with Crippen LogP contribution in [0.4, 0.5) is 0 Å². The van der Waals surface area contributed by atoms with E-state index in [2.05, 4.69) is 22.1 Å². The van der Waals surface area contributed by atoms with Crippen LogP contribution in [-0.4, -0.2) is 42.3 Å². The molecule has 1 heterocycles. The van der Waals surface area contributed by atoms with E-state index in [1.54, 1.807) is 14.2 Å². The lowest BCUT2D eigenvalue weighted by Gasteiger charge is -2.29. The third-order valence-corrected chi connectivity index (χ3v) is 4.70. The van der Waals surface area contributed by atoms with Crippen LogP contribution in [0.2, 0.25) is 0 Å². The fourth-order valence-electron chi connectivity index (χ4n) is 3.28. The molecule has 6 nitrogen and oxygen atoms in total. The van der Waals surface area contributed by atoms with Crippen molar-refractivity contribution in [2.45, 2.75) is 44.7 Å². The number of rotatable bonds is 6. The van der Waals surface area contributed by atoms with Gasteiger partial charge in [0.15, 0.2) is 0 Å². The van der Waals surface area contributed by atoms with Gasteiger partial charge in [-0.3, -0.25) is 4.90 Å². The molecular weight excluding hydrogens is 306 g/mol. The largest absolute Gasteiger partial charge is 0.497 e. The highest BCUT2D eigenvalue weighted by Crippen LogP contribution is 2.31. The molecule has 1 aromatic heterocycles. The maximum Gasteiger partial charge on any atom is 0.241 e. The first-order valence-electron chi connectivity index (χ1n) is 8.46. The van der Waals surface area contributed by atoms with Crippen LogP contribution in [-0.2, 0) is 6.54 Å². The fraction of sp³-hybridized carbons (Fsp3) is 0.556. The highest BCUT2D eigenvalue weighted by Gasteiger charge is 2.21. The molecule has 0 bridgehead atoms. The maximum atomic E-state index is 5.45. The maximum absolute atomic E-state index is 5.45. The van der Waals surface area contributed by atoms with Gasteiger partial charge >= 0.3 is 0 Å². The number of nitrogens with zero attached hydrogens (tertiary/aromatic N) is 3. The van der Waals surface area contributed by atoms with Crippen molar-refractivity contribution < 1.29 is 14.0 Å². The van der Waals surface area contributed by atoms with Crippen molar-refractivity contribution in [3.05, 3.63) is 24.1 Å². The highest BCUT2D eigenvalue weighted by atomic mass is 16.5. The van der Waals surface area contributed by atoms with Crippen LogP contribution in [0.1, 0.15) is 38.0 Å². The number of ether oxygens (including phenoxy) is 2. The van der Waals surface area contributed by atoms with Crippen molar-refractivity contribution in [3.63, 3.8) is 0 Å². The third kappa shape index (κ3) is 3.70. The second-order valence-corrected chi connectivity index (χ2v) is 6.28. The van der Waals surface area contributed by atoms with Crippen molar-refractivity contribution in [2.75, 3.05) is 21.3 Å².